The van der Waals surface area contributed by atoms with Crippen molar-refractivity contribution in [2.45, 2.75) is 65.2 Å². The molecule has 2 amide bonds. The molecule has 1 heterocycles. The molecule has 2 aromatic carbocycles. The van der Waals surface area contributed by atoms with Crippen molar-refractivity contribution in [3.63, 3.8) is 0 Å². The van der Waals surface area contributed by atoms with Crippen molar-refractivity contribution in [1.82, 2.24) is 5.01 Å². The number of anilines is 1. The molecule has 7 nitrogen and oxygen atoms in total. The zero-order valence-electron chi connectivity index (χ0n) is 19.5. The minimum absolute atomic E-state index is 0.249. The summed E-state index contributed by atoms with van der Waals surface area (Å²) in [6.07, 6.45) is -0.435. The van der Waals surface area contributed by atoms with Gasteiger partial charge in [-0.15, -0.1) is 0 Å². The van der Waals surface area contributed by atoms with Gasteiger partial charge in [0.2, 0.25) is 0 Å². The third-order valence-corrected chi connectivity index (χ3v) is 4.54. The van der Waals surface area contributed by atoms with Gasteiger partial charge in [-0.2, -0.15) is 10.1 Å². The van der Waals surface area contributed by atoms with Crippen LogP contribution in [0.3, 0.4) is 0 Å². The van der Waals surface area contributed by atoms with Gasteiger partial charge in [-0.3, -0.25) is 5.32 Å². The van der Waals surface area contributed by atoms with Crippen LogP contribution in [0.2, 0.25) is 0 Å². The van der Waals surface area contributed by atoms with Gasteiger partial charge in [0.25, 0.3) is 0 Å². The molecule has 0 saturated heterocycles. The third-order valence-electron chi connectivity index (χ3n) is 4.54. The van der Waals surface area contributed by atoms with E-state index in [9.17, 15) is 9.59 Å². The lowest BCUT2D eigenvalue weighted by molar-refractivity contribution is 0.0195. The Hall–Kier alpha value is -3.35. The van der Waals surface area contributed by atoms with Crippen molar-refractivity contribution in [3.05, 3.63) is 65.7 Å². The largest absolute Gasteiger partial charge is 0.444 e. The smallest absolute Gasteiger partial charge is 0.431 e. The first-order valence-electron chi connectivity index (χ1n) is 10.7. The maximum absolute atomic E-state index is 12.8. The van der Waals surface area contributed by atoms with Crippen LogP contribution >= 0.6 is 0 Å². The molecule has 0 saturated carbocycles. The molecular weight excluding hydrogens is 406 g/mol. The van der Waals surface area contributed by atoms with Gasteiger partial charge in [-0.25, -0.2) is 9.59 Å². The summed E-state index contributed by atoms with van der Waals surface area (Å²) in [7, 11) is 0. The minimum Gasteiger partial charge on any atom is -0.444 e. The lowest BCUT2D eigenvalue weighted by Gasteiger charge is -2.26. The summed E-state index contributed by atoms with van der Waals surface area (Å²) in [6.45, 7) is 10.9. The van der Waals surface area contributed by atoms with E-state index < -0.39 is 23.4 Å². The molecule has 7 heteroatoms. The van der Waals surface area contributed by atoms with Crippen molar-refractivity contribution >= 4 is 23.6 Å². The summed E-state index contributed by atoms with van der Waals surface area (Å²) in [4.78, 5) is 24.8. The molecule has 0 bridgehead atoms. The van der Waals surface area contributed by atoms with Gasteiger partial charge in [0.05, 0.1) is 11.8 Å². The van der Waals surface area contributed by atoms with Gasteiger partial charge < -0.3 is 9.47 Å². The molecule has 2 aromatic rings. The fourth-order valence-corrected chi connectivity index (χ4v) is 3.26. The molecule has 0 radical (unpaired) electrons. The number of ether oxygens (including phenoxy) is 2. The summed E-state index contributed by atoms with van der Waals surface area (Å²) in [5.41, 5.74) is 2.05. The number of amides is 2. The molecule has 3 rings (SSSR count). The first kappa shape index (κ1) is 23.3. The van der Waals surface area contributed by atoms with Crippen LogP contribution in [0.5, 0.6) is 0 Å². The van der Waals surface area contributed by atoms with Crippen molar-refractivity contribution in [1.29, 1.82) is 0 Å². The fourth-order valence-electron chi connectivity index (χ4n) is 3.26. The summed E-state index contributed by atoms with van der Waals surface area (Å²) in [5.74, 6) is 0. The highest BCUT2D eigenvalue weighted by Crippen LogP contribution is 2.34. The van der Waals surface area contributed by atoms with Gasteiger partial charge in [0.15, 0.2) is 0 Å². The molecule has 1 N–H and O–H groups in total. The first-order chi connectivity index (χ1) is 14.9. The molecule has 0 fully saturated rings. The molecule has 170 valence electrons. The highest BCUT2D eigenvalue weighted by Gasteiger charge is 2.35. The minimum atomic E-state index is -0.619. The molecule has 0 spiro atoms. The highest BCUT2D eigenvalue weighted by molar-refractivity contribution is 6.03. The number of nitrogens with zero attached hydrogens (tertiary/aromatic N) is 2. The number of carbonyl (C=O) groups excluding carboxylic acids is 2. The van der Waals surface area contributed by atoms with Crippen molar-refractivity contribution < 1.29 is 19.1 Å². The monoisotopic (exact) mass is 437 g/mol. The predicted molar refractivity (Wildman–Crippen MR) is 125 cm³/mol. The van der Waals surface area contributed by atoms with Crippen LogP contribution in [0.25, 0.3) is 0 Å². The van der Waals surface area contributed by atoms with Gasteiger partial charge >= 0.3 is 12.2 Å². The van der Waals surface area contributed by atoms with E-state index in [4.69, 9.17) is 9.47 Å². The normalized spacial score (nSPS) is 16.4. The Kier molecular flexibility index (Phi) is 6.57. The lowest BCUT2D eigenvalue weighted by Crippen LogP contribution is -2.34. The van der Waals surface area contributed by atoms with E-state index in [0.29, 0.717) is 12.1 Å². The summed E-state index contributed by atoms with van der Waals surface area (Å²) < 4.78 is 10.9. The van der Waals surface area contributed by atoms with E-state index >= 15 is 0 Å². The fraction of sp³-hybridized carbons (Fsp3) is 0.400. The van der Waals surface area contributed by atoms with Crippen LogP contribution in [0.15, 0.2) is 59.7 Å². The Morgan fingerprint density at radius 3 is 2.06 bits per heavy atom. The first-order valence-corrected chi connectivity index (χ1v) is 10.7. The van der Waals surface area contributed by atoms with Gasteiger partial charge in [0, 0.05) is 12.1 Å². The summed E-state index contributed by atoms with van der Waals surface area (Å²) in [5, 5.41) is 8.74. The van der Waals surface area contributed by atoms with Crippen LogP contribution in [0.1, 0.15) is 65.1 Å². The number of rotatable bonds is 3. The van der Waals surface area contributed by atoms with Crippen molar-refractivity contribution in [3.8, 4) is 0 Å². The number of benzene rings is 2. The van der Waals surface area contributed by atoms with E-state index in [1.165, 1.54) is 5.01 Å². The zero-order chi connectivity index (χ0) is 23.5. The lowest BCUT2D eigenvalue weighted by atomic mass is 9.98. The Labute approximate surface area is 189 Å². The SMILES string of the molecule is CC(C)(C)OC(=O)Nc1ccc(C2=NN(C(=O)OC(C)(C)C)C(c3ccccc3)C2)cc1. The van der Waals surface area contributed by atoms with Gasteiger partial charge in [-0.1, -0.05) is 42.5 Å². The molecule has 0 aromatic heterocycles. The maximum atomic E-state index is 12.8. The number of hydrogen-bond acceptors (Lipinski definition) is 5. The molecule has 0 aliphatic carbocycles. The van der Waals surface area contributed by atoms with Gasteiger partial charge in [-0.05, 0) is 64.8 Å². The van der Waals surface area contributed by atoms with Crippen molar-refractivity contribution in [2.75, 3.05) is 5.32 Å². The summed E-state index contributed by atoms with van der Waals surface area (Å²) in [6, 6.07) is 16.8. The maximum Gasteiger partial charge on any atom is 0.431 e. The number of carbonyl (C=O) groups is 2. The van der Waals surface area contributed by atoms with Crippen LogP contribution in [0, 0.1) is 0 Å². The number of nitrogens with one attached hydrogen (secondary N) is 1. The second kappa shape index (κ2) is 9.02. The molecule has 1 unspecified atom stereocenters. The Morgan fingerprint density at radius 2 is 1.50 bits per heavy atom. The Balaban J connectivity index is 1.80. The molecule has 1 aliphatic rings. The van der Waals surface area contributed by atoms with Crippen LogP contribution < -0.4 is 5.32 Å². The Bertz CT molecular complexity index is 987. The van der Waals surface area contributed by atoms with Gasteiger partial charge in [0.1, 0.15) is 11.2 Å². The average molecular weight is 438 g/mol. The quantitative estimate of drug-likeness (QED) is 0.627. The third kappa shape index (κ3) is 6.33. The number of hydrazone groups is 1. The van der Waals surface area contributed by atoms with Crippen LogP contribution in [-0.4, -0.2) is 34.1 Å². The Morgan fingerprint density at radius 1 is 0.906 bits per heavy atom. The highest BCUT2D eigenvalue weighted by atomic mass is 16.6. The zero-order valence-corrected chi connectivity index (χ0v) is 19.5. The topological polar surface area (TPSA) is 80.2 Å². The molecule has 32 heavy (non-hydrogen) atoms. The molecular formula is C25H31N3O4. The molecule has 1 aliphatic heterocycles. The van der Waals surface area contributed by atoms with E-state index in [-0.39, 0.29) is 6.04 Å². The average Bonchev–Trinajstić information content (AvgIpc) is 3.12. The standard InChI is InChI=1S/C25H31N3O4/c1-24(2,3)31-22(29)26-19-14-12-17(13-15-19)20-16-21(18-10-8-7-9-11-18)28(27-20)23(30)32-25(4,5)6/h7-15,21H,16H2,1-6H3,(H,26,29). The van der Waals surface area contributed by atoms with E-state index in [2.05, 4.69) is 10.4 Å². The van der Waals surface area contributed by atoms with E-state index in [1.807, 2.05) is 84.0 Å². The van der Waals surface area contributed by atoms with Crippen molar-refractivity contribution in [2.24, 2.45) is 5.10 Å². The molecule has 1 atom stereocenters. The van der Waals surface area contributed by atoms with Crippen LogP contribution in [0.4, 0.5) is 15.3 Å². The second-order valence-corrected chi connectivity index (χ2v) is 9.71. The summed E-state index contributed by atoms with van der Waals surface area (Å²) >= 11 is 0. The van der Waals surface area contributed by atoms with E-state index in [0.717, 1.165) is 16.8 Å². The van der Waals surface area contributed by atoms with E-state index in [1.54, 1.807) is 12.1 Å². The number of hydrogen-bond donors (Lipinski definition) is 1. The van der Waals surface area contributed by atoms with Crippen LogP contribution in [-0.2, 0) is 9.47 Å². The second-order valence-electron chi connectivity index (χ2n) is 9.71. The predicted octanol–water partition coefficient (Wildman–Crippen LogP) is 6.12.